The first-order valence-electron chi connectivity index (χ1n) is 4.64. The second-order valence-electron chi connectivity index (χ2n) is 3.57. The van der Waals surface area contributed by atoms with Crippen LogP contribution in [0.4, 0.5) is 0 Å². The molecule has 0 bridgehead atoms. The summed E-state index contributed by atoms with van der Waals surface area (Å²) in [4.78, 5) is 0. The van der Waals surface area contributed by atoms with Crippen molar-refractivity contribution in [2.24, 2.45) is 5.92 Å². The minimum absolute atomic E-state index is 0.713. The molecule has 0 amide bonds. The van der Waals surface area contributed by atoms with E-state index in [0.717, 1.165) is 0 Å². The van der Waals surface area contributed by atoms with Crippen LogP contribution in [0, 0.1) is 5.92 Å². The summed E-state index contributed by atoms with van der Waals surface area (Å²) in [7, 11) is 1.69. The van der Waals surface area contributed by atoms with Crippen molar-refractivity contribution >= 4 is 0 Å². The molecule has 1 aliphatic carbocycles. The Morgan fingerprint density at radius 3 is 2.83 bits per heavy atom. The molecule has 0 fully saturated rings. The quantitative estimate of drug-likeness (QED) is 0.572. The highest BCUT2D eigenvalue weighted by atomic mass is 16.5. The average molecular weight is 166 g/mol. The van der Waals surface area contributed by atoms with Gasteiger partial charge in [-0.25, -0.2) is 0 Å². The lowest BCUT2D eigenvalue weighted by molar-refractivity contribution is 0.337. The van der Waals surface area contributed by atoms with E-state index in [-0.39, 0.29) is 0 Å². The van der Waals surface area contributed by atoms with Crippen molar-refractivity contribution in [3.8, 4) is 0 Å². The van der Waals surface area contributed by atoms with Crippen LogP contribution in [-0.4, -0.2) is 7.11 Å². The molecule has 1 unspecified atom stereocenters. The fraction of sp³-hybridized carbons (Fsp3) is 0.636. The summed E-state index contributed by atoms with van der Waals surface area (Å²) in [6.45, 7) is 4.52. The molecule has 0 aromatic carbocycles. The number of methoxy groups -OCH3 is 1. The van der Waals surface area contributed by atoms with E-state index in [2.05, 4.69) is 19.9 Å². The number of allylic oxidation sites excluding steroid dienone is 3. The molecule has 0 saturated heterocycles. The number of hydrogen-bond donors (Lipinski definition) is 0. The monoisotopic (exact) mass is 166 g/mol. The minimum Gasteiger partial charge on any atom is -0.504 e. The first-order chi connectivity index (χ1) is 5.75. The zero-order valence-corrected chi connectivity index (χ0v) is 8.26. The molecule has 0 heterocycles. The zero-order valence-electron chi connectivity index (χ0n) is 8.26. The Morgan fingerprint density at radius 2 is 2.25 bits per heavy atom. The van der Waals surface area contributed by atoms with Gasteiger partial charge in [0.2, 0.25) is 0 Å². The van der Waals surface area contributed by atoms with Crippen LogP contribution in [0.25, 0.3) is 0 Å². The lowest BCUT2D eigenvalue weighted by Crippen LogP contribution is -2.06. The predicted octanol–water partition coefficient (Wildman–Crippen LogP) is 3.28. The summed E-state index contributed by atoms with van der Waals surface area (Å²) in [6, 6.07) is 0. The van der Waals surface area contributed by atoms with E-state index in [1.807, 2.05) is 0 Å². The Balaban J connectivity index is 2.74. The first kappa shape index (κ1) is 9.37. The van der Waals surface area contributed by atoms with Crippen molar-refractivity contribution < 1.29 is 4.74 Å². The van der Waals surface area contributed by atoms with Crippen LogP contribution < -0.4 is 0 Å². The van der Waals surface area contributed by atoms with Crippen molar-refractivity contribution in [2.45, 2.75) is 33.1 Å². The van der Waals surface area contributed by atoms with Gasteiger partial charge in [-0.2, -0.15) is 0 Å². The Hall–Kier alpha value is -0.720. The van der Waals surface area contributed by atoms with Gasteiger partial charge < -0.3 is 4.74 Å². The van der Waals surface area contributed by atoms with Crippen LogP contribution in [0.15, 0.2) is 23.5 Å². The van der Waals surface area contributed by atoms with Gasteiger partial charge in [0.05, 0.1) is 13.4 Å². The van der Waals surface area contributed by atoms with Gasteiger partial charge in [0.15, 0.2) is 0 Å². The van der Waals surface area contributed by atoms with Crippen molar-refractivity contribution in [3.05, 3.63) is 23.5 Å². The van der Waals surface area contributed by atoms with E-state index in [9.17, 15) is 0 Å². The number of hydrogen-bond acceptors (Lipinski definition) is 1. The van der Waals surface area contributed by atoms with Crippen molar-refractivity contribution in [3.63, 3.8) is 0 Å². The average Bonchev–Trinajstić information content (AvgIpc) is 2.04. The van der Waals surface area contributed by atoms with Crippen molar-refractivity contribution in [1.29, 1.82) is 0 Å². The van der Waals surface area contributed by atoms with Crippen molar-refractivity contribution in [1.82, 2.24) is 0 Å². The summed E-state index contributed by atoms with van der Waals surface area (Å²) in [5, 5.41) is 0. The second kappa shape index (κ2) is 4.34. The molecule has 1 aliphatic rings. The third-order valence-electron chi connectivity index (χ3n) is 2.60. The molecule has 0 saturated carbocycles. The van der Waals surface area contributed by atoms with E-state index in [1.54, 1.807) is 13.4 Å². The molecule has 1 rings (SSSR count). The zero-order chi connectivity index (χ0) is 8.97. The molecule has 1 atom stereocenters. The molecule has 0 aliphatic heterocycles. The van der Waals surface area contributed by atoms with E-state index >= 15 is 0 Å². The van der Waals surface area contributed by atoms with Gasteiger partial charge in [-0.3, -0.25) is 0 Å². The maximum Gasteiger partial charge on any atom is 0.0827 e. The highest BCUT2D eigenvalue weighted by Crippen LogP contribution is 2.30. The van der Waals surface area contributed by atoms with E-state index in [1.165, 1.54) is 30.4 Å². The summed E-state index contributed by atoms with van der Waals surface area (Å²) in [6.07, 6.45) is 7.81. The van der Waals surface area contributed by atoms with Gasteiger partial charge in [-0.15, -0.1) is 0 Å². The lowest BCUT2D eigenvalue weighted by atomic mass is 9.84. The van der Waals surface area contributed by atoms with Gasteiger partial charge in [0.1, 0.15) is 0 Å². The molecular formula is C11H18O. The highest BCUT2D eigenvalue weighted by molar-refractivity contribution is 5.27. The number of ether oxygens (including phenoxy) is 1. The molecular weight excluding hydrogens is 148 g/mol. The van der Waals surface area contributed by atoms with Crippen molar-refractivity contribution in [2.75, 3.05) is 7.11 Å². The van der Waals surface area contributed by atoms with Gasteiger partial charge in [0, 0.05) is 0 Å². The van der Waals surface area contributed by atoms with Crippen LogP contribution in [0.1, 0.15) is 33.1 Å². The normalized spacial score (nSPS) is 25.1. The molecule has 68 valence electrons. The first-order valence-corrected chi connectivity index (χ1v) is 4.64. The molecule has 0 radical (unpaired) electrons. The molecule has 12 heavy (non-hydrogen) atoms. The second-order valence-corrected chi connectivity index (χ2v) is 3.57. The third-order valence-corrected chi connectivity index (χ3v) is 2.60. The maximum absolute atomic E-state index is 4.93. The topological polar surface area (TPSA) is 9.23 Å². The lowest BCUT2D eigenvalue weighted by Gasteiger charge is -2.21. The van der Waals surface area contributed by atoms with E-state index < -0.39 is 0 Å². The van der Waals surface area contributed by atoms with E-state index in [0.29, 0.717) is 5.92 Å². The fourth-order valence-electron chi connectivity index (χ4n) is 1.84. The van der Waals surface area contributed by atoms with Gasteiger partial charge in [0.25, 0.3) is 0 Å². The predicted molar refractivity (Wildman–Crippen MR) is 51.9 cm³/mol. The summed E-state index contributed by atoms with van der Waals surface area (Å²) < 4.78 is 4.93. The molecule has 1 nitrogen and oxygen atoms in total. The van der Waals surface area contributed by atoms with Gasteiger partial charge >= 0.3 is 0 Å². The molecule has 0 N–H and O–H groups in total. The van der Waals surface area contributed by atoms with Gasteiger partial charge in [-0.05, 0) is 43.8 Å². The standard InChI is InChI=1S/C11H18O/c1-9-5-4-6-10(2)11(9)7-8-12-3/h7-9H,4-6H2,1-3H3. The minimum atomic E-state index is 0.713. The van der Waals surface area contributed by atoms with Crippen LogP contribution in [0.3, 0.4) is 0 Å². The molecule has 0 aromatic rings. The number of rotatable bonds is 2. The molecule has 0 spiro atoms. The fourth-order valence-corrected chi connectivity index (χ4v) is 1.84. The Labute approximate surface area is 75.1 Å². The SMILES string of the molecule is COC=CC1=C(C)CCCC1C. The Morgan fingerprint density at radius 1 is 1.50 bits per heavy atom. The van der Waals surface area contributed by atoms with Crippen LogP contribution in [-0.2, 0) is 4.74 Å². The Kier molecular flexibility index (Phi) is 3.39. The van der Waals surface area contributed by atoms with Crippen LogP contribution in [0.5, 0.6) is 0 Å². The molecule has 0 aromatic heterocycles. The van der Waals surface area contributed by atoms with Crippen LogP contribution >= 0.6 is 0 Å². The van der Waals surface area contributed by atoms with Crippen LogP contribution in [0.2, 0.25) is 0 Å². The summed E-state index contributed by atoms with van der Waals surface area (Å²) in [5.41, 5.74) is 3.00. The molecule has 1 heteroatoms. The van der Waals surface area contributed by atoms with E-state index in [4.69, 9.17) is 4.74 Å². The maximum atomic E-state index is 4.93. The largest absolute Gasteiger partial charge is 0.504 e. The van der Waals surface area contributed by atoms with Gasteiger partial charge in [-0.1, -0.05) is 12.5 Å². The Bertz CT molecular complexity index is 201. The summed E-state index contributed by atoms with van der Waals surface area (Å²) in [5.74, 6) is 0.713. The third kappa shape index (κ3) is 2.13. The smallest absolute Gasteiger partial charge is 0.0827 e. The highest BCUT2D eigenvalue weighted by Gasteiger charge is 2.14. The summed E-state index contributed by atoms with van der Waals surface area (Å²) >= 11 is 0.